The molecule has 4 aromatic rings. The lowest BCUT2D eigenvalue weighted by Gasteiger charge is -2.27. The lowest BCUT2D eigenvalue weighted by molar-refractivity contribution is -0.0153. The maximum atomic E-state index is 12.7. The van der Waals surface area contributed by atoms with Gasteiger partial charge in [-0.25, -0.2) is 4.79 Å². The second kappa shape index (κ2) is 36.5. The molecule has 0 aliphatic rings. The van der Waals surface area contributed by atoms with E-state index < -0.39 is 17.8 Å². The molecule has 0 radical (unpaired) electrons. The summed E-state index contributed by atoms with van der Waals surface area (Å²) in [5, 5.41) is 20.8. The minimum absolute atomic E-state index is 0.0100. The molecule has 20 heteroatoms. The molecule has 0 aromatic heterocycles. The SMILES string of the molecule is CC(C)(C)CNC(=O)c1cc(COC(C)(C)C)cc(C(=O)NCC(C)(C)C)c1.CC(C)(C)CNC(=O)c1cc(COC(C)(C)C)cc(C(=O)O)c1.CC(C)(C)CNC(=O)c1cc(COC(C)(C)C)cc(C(N)=O)c1.CN(CC(C)(C)C)C(=O)c1cc(COC(C)(C)C)cc(C(N)=O)c1. The topological polar surface area (TPSA) is 297 Å². The van der Waals surface area contributed by atoms with Crippen LogP contribution in [0.3, 0.4) is 0 Å². The maximum Gasteiger partial charge on any atom is 0.335 e. The third-order valence-corrected chi connectivity index (χ3v) is 12.9. The Kier molecular flexibility index (Phi) is 33.0. The number of ether oxygens (including phenoxy) is 4. The molecule has 20 nitrogen and oxygen atoms in total. The monoisotopic (exact) mass is 1370 g/mol. The Hall–Kier alpha value is -7.52. The van der Waals surface area contributed by atoms with Crippen LogP contribution in [0.15, 0.2) is 72.8 Å². The van der Waals surface area contributed by atoms with E-state index in [0.717, 1.165) is 16.7 Å². The van der Waals surface area contributed by atoms with Gasteiger partial charge in [-0.15, -0.1) is 0 Å². The van der Waals surface area contributed by atoms with Crippen molar-refractivity contribution in [1.82, 2.24) is 26.2 Å². The first kappa shape index (κ1) is 88.5. The number of carboxylic acids is 1. The van der Waals surface area contributed by atoms with Crippen LogP contribution in [0.1, 0.15) is 292 Å². The fraction of sp³-hybridized carbons (Fsp3) is 0.590. The van der Waals surface area contributed by atoms with Gasteiger partial charge in [0.2, 0.25) is 11.8 Å². The standard InChI is InChI=1S/C23H38N2O3.C19H30N2O3.C18H28N2O3.C18H27NO4/c1-21(2,3)14-24-19(26)17-10-16(13-28-23(7,8)9)11-18(12-17)20(27)25-15-22(4,5)6;1-18(2,3)12-21(7)17(23)15-9-13(11-24-19(4,5)6)8-14(10-15)16(20)22;1-17(2,3)11-20-16(22)14-8-12(10-23-18(4,5)6)7-13(9-14)15(19)21;1-17(2,3)11-19-15(20)13-7-12(10-23-18(4,5)6)8-14(9-13)16(21)22/h10-12H,13-15H2,1-9H3,(H,24,26)(H,25,27);8-10H,11-12H2,1-7H3,(H2,20,22);7-9H,10-11H2,1-6H3,(H2,19,21)(H,20,22);7-9H,10-11H2,1-6H3,(H,19,20)(H,21,22). The van der Waals surface area contributed by atoms with E-state index in [-0.39, 0.29) is 91.2 Å². The molecule has 0 unspecified atom stereocenters. The molecule has 0 aliphatic heterocycles. The molecule has 0 saturated carbocycles. The Morgan fingerprint density at radius 1 is 0.327 bits per heavy atom. The molecule has 0 spiro atoms. The predicted molar refractivity (Wildman–Crippen MR) is 391 cm³/mol. The van der Waals surface area contributed by atoms with Crippen LogP contribution in [0.2, 0.25) is 0 Å². The molecule has 0 aliphatic carbocycles. The molecule has 0 bridgehead atoms. The van der Waals surface area contributed by atoms with Crippen molar-refractivity contribution in [2.75, 3.05) is 39.8 Å². The van der Waals surface area contributed by atoms with Crippen LogP contribution in [0.4, 0.5) is 0 Å². The van der Waals surface area contributed by atoms with Crippen molar-refractivity contribution in [3.63, 3.8) is 0 Å². The number of nitrogens with zero attached hydrogens (tertiary/aromatic N) is 1. The Balaban J connectivity index is 0.000000655. The number of carbonyl (C=O) groups excluding carboxylic acids is 7. The first-order chi connectivity index (χ1) is 44.1. The fourth-order valence-corrected chi connectivity index (χ4v) is 8.15. The third kappa shape index (κ3) is 40.4. The van der Waals surface area contributed by atoms with E-state index in [1.165, 1.54) is 18.2 Å². The summed E-state index contributed by atoms with van der Waals surface area (Å²) in [6, 6.07) is 19.7. The summed E-state index contributed by atoms with van der Waals surface area (Å²) < 4.78 is 23.0. The number of hydrogen-bond acceptors (Lipinski definition) is 12. The fourth-order valence-electron chi connectivity index (χ4n) is 8.15. The van der Waals surface area contributed by atoms with Crippen LogP contribution in [0, 0.1) is 27.1 Å². The first-order valence-corrected chi connectivity index (χ1v) is 33.4. The number of nitrogens with one attached hydrogen (secondary N) is 4. The van der Waals surface area contributed by atoms with Gasteiger partial charge < -0.3 is 61.7 Å². The third-order valence-electron chi connectivity index (χ3n) is 12.9. The van der Waals surface area contributed by atoms with Gasteiger partial charge in [-0.1, -0.05) is 104 Å². The summed E-state index contributed by atoms with van der Waals surface area (Å²) in [6.07, 6.45) is 0. The number of primary amides is 2. The number of nitrogens with two attached hydrogens (primary N) is 2. The van der Waals surface area contributed by atoms with E-state index in [0.29, 0.717) is 97.1 Å². The highest BCUT2D eigenvalue weighted by Crippen LogP contribution is 2.24. The van der Waals surface area contributed by atoms with Crippen molar-refractivity contribution in [3.8, 4) is 0 Å². The summed E-state index contributed by atoms with van der Waals surface area (Å²) in [6.45, 7) is 58.1. The second-order valence-electron chi connectivity index (χ2n) is 35.0. The van der Waals surface area contributed by atoms with Crippen molar-refractivity contribution in [2.24, 2.45) is 38.5 Å². The molecule has 548 valence electrons. The quantitative estimate of drug-likeness (QED) is 0.0409. The van der Waals surface area contributed by atoms with Crippen LogP contribution >= 0.6 is 0 Å². The number of rotatable bonds is 21. The van der Waals surface area contributed by atoms with E-state index in [9.17, 15) is 43.5 Å². The molecule has 4 aromatic carbocycles. The number of benzene rings is 4. The zero-order valence-electron chi connectivity index (χ0n) is 64.7. The van der Waals surface area contributed by atoms with E-state index >= 15 is 0 Å². The maximum absolute atomic E-state index is 12.7. The van der Waals surface area contributed by atoms with Crippen molar-refractivity contribution in [2.45, 2.75) is 236 Å². The Labute approximate surface area is 587 Å². The van der Waals surface area contributed by atoms with Crippen LogP contribution in [0.25, 0.3) is 0 Å². The van der Waals surface area contributed by atoms with Gasteiger partial charge >= 0.3 is 5.97 Å². The molecule has 7 amide bonds. The lowest BCUT2D eigenvalue weighted by atomic mass is 9.95. The normalized spacial score (nSPS) is 12.2. The van der Waals surface area contributed by atoms with E-state index in [1.807, 2.05) is 125 Å². The number of hydrogen-bond donors (Lipinski definition) is 7. The molecule has 98 heavy (non-hydrogen) atoms. The van der Waals surface area contributed by atoms with Gasteiger partial charge in [0.15, 0.2) is 0 Å². The Morgan fingerprint density at radius 3 is 0.745 bits per heavy atom. The van der Waals surface area contributed by atoms with Gasteiger partial charge in [-0.05, 0) is 205 Å². The summed E-state index contributed by atoms with van der Waals surface area (Å²) in [4.78, 5) is 98.6. The average molecular weight is 1370 g/mol. The summed E-state index contributed by atoms with van der Waals surface area (Å²) in [7, 11) is 1.76. The van der Waals surface area contributed by atoms with Crippen molar-refractivity contribution < 1.29 is 62.4 Å². The smallest absolute Gasteiger partial charge is 0.335 e. The summed E-state index contributed by atoms with van der Waals surface area (Å²) >= 11 is 0. The Bertz CT molecular complexity index is 3190. The highest BCUT2D eigenvalue weighted by atomic mass is 16.5. The number of aromatic carboxylic acids is 1. The molecule has 0 fully saturated rings. The van der Waals surface area contributed by atoms with Crippen molar-refractivity contribution in [1.29, 1.82) is 0 Å². The zero-order valence-corrected chi connectivity index (χ0v) is 64.7. The number of carbonyl (C=O) groups is 8. The lowest BCUT2D eigenvalue weighted by Crippen LogP contribution is -2.34. The molecule has 4 rings (SSSR count). The molecule has 0 heterocycles. The van der Waals surface area contributed by atoms with Crippen LogP contribution in [0.5, 0.6) is 0 Å². The summed E-state index contributed by atoms with van der Waals surface area (Å²) in [5.41, 5.74) is 15.2. The van der Waals surface area contributed by atoms with E-state index in [2.05, 4.69) is 83.6 Å². The van der Waals surface area contributed by atoms with Crippen LogP contribution in [-0.4, -0.2) is 120 Å². The van der Waals surface area contributed by atoms with Crippen LogP contribution in [-0.2, 0) is 45.4 Å². The van der Waals surface area contributed by atoms with Gasteiger partial charge in [-0.2, -0.15) is 0 Å². The molecule has 9 N–H and O–H groups in total. The molecule has 0 saturated heterocycles. The van der Waals surface area contributed by atoms with Gasteiger partial charge in [0, 0.05) is 78.7 Å². The van der Waals surface area contributed by atoms with E-state index in [1.54, 1.807) is 66.5 Å². The van der Waals surface area contributed by atoms with Gasteiger partial charge in [0.1, 0.15) is 0 Å². The number of carboxylic acid groups (broad SMARTS) is 1. The zero-order chi connectivity index (χ0) is 76.1. The minimum atomic E-state index is -1.06. The van der Waals surface area contributed by atoms with Gasteiger partial charge in [0.05, 0.1) is 54.4 Å². The average Bonchev–Trinajstić information content (AvgIpc) is 0.850. The molecule has 0 atom stereocenters. The van der Waals surface area contributed by atoms with Gasteiger partial charge in [-0.3, -0.25) is 33.6 Å². The highest BCUT2D eigenvalue weighted by Gasteiger charge is 2.25. The first-order valence-electron chi connectivity index (χ1n) is 33.4. The minimum Gasteiger partial charge on any atom is -0.478 e. The highest BCUT2D eigenvalue weighted by molar-refractivity contribution is 6.02. The van der Waals surface area contributed by atoms with Crippen molar-refractivity contribution in [3.05, 3.63) is 140 Å². The van der Waals surface area contributed by atoms with Crippen molar-refractivity contribution >= 4 is 47.3 Å². The van der Waals surface area contributed by atoms with Crippen LogP contribution < -0.4 is 32.7 Å². The predicted octanol–water partition coefficient (Wildman–Crippen LogP) is 14.1. The van der Waals surface area contributed by atoms with Gasteiger partial charge in [0.25, 0.3) is 29.5 Å². The molecular weight excluding hydrogens is 1240 g/mol. The second-order valence-corrected chi connectivity index (χ2v) is 35.0. The molecular formula is C78H123N7O13. The summed E-state index contributed by atoms with van der Waals surface area (Å²) in [5.74, 6) is -3.18. The number of amides is 7. The Morgan fingerprint density at radius 2 is 0.531 bits per heavy atom. The van der Waals surface area contributed by atoms with E-state index in [4.69, 9.17) is 30.4 Å². The largest absolute Gasteiger partial charge is 0.478 e.